The molecule has 0 saturated carbocycles. The van der Waals surface area contributed by atoms with E-state index < -0.39 is 22.0 Å². The molecule has 2 aromatic carbocycles. The molecule has 25 heavy (non-hydrogen) atoms. The van der Waals surface area contributed by atoms with Crippen molar-refractivity contribution in [2.24, 2.45) is 5.14 Å². The summed E-state index contributed by atoms with van der Waals surface area (Å²) >= 11 is 6.00. The number of ether oxygens (including phenoxy) is 1. The van der Waals surface area contributed by atoms with E-state index in [-0.39, 0.29) is 15.7 Å². The van der Waals surface area contributed by atoms with Crippen molar-refractivity contribution >= 4 is 33.2 Å². The summed E-state index contributed by atoms with van der Waals surface area (Å²) in [5.74, 6) is -0.184. The number of nitrogens with zero attached hydrogens (tertiary/aromatic N) is 1. The first-order valence-corrected chi connectivity index (χ1v) is 8.93. The van der Waals surface area contributed by atoms with Crippen molar-refractivity contribution < 1.29 is 17.9 Å². The lowest BCUT2D eigenvalue weighted by Gasteiger charge is -2.16. The van der Waals surface area contributed by atoms with E-state index in [1.807, 2.05) is 6.07 Å². The molecule has 0 aromatic heterocycles. The maximum atomic E-state index is 12.2. The fraction of sp³-hybridized carbons (Fsp3) is 0.125. The molecule has 9 heteroatoms. The molecule has 0 fully saturated rings. The zero-order chi connectivity index (χ0) is 18.6. The first kappa shape index (κ1) is 18.7. The van der Waals surface area contributed by atoms with Crippen LogP contribution in [0.15, 0.2) is 47.4 Å². The summed E-state index contributed by atoms with van der Waals surface area (Å²) in [6.07, 6.45) is -0.872. The molecule has 1 amide bonds. The van der Waals surface area contributed by atoms with E-state index in [2.05, 4.69) is 5.32 Å². The summed E-state index contributed by atoms with van der Waals surface area (Å²) in [7, 11) is -3.79. The van der Waals surface area contributed by atoms with Gasteiger partial charge in [-0.3, -0.25) is 4.79 Å². The molecule has 0 saturated heterocycles. The zero-order valence-corrected chi connectivity index (χ0v) is 14.6. The van der Waals surface area contributed by atoms with Crippen LogP contribution in [0.1, 0.15) is 12.5 Å². The number of amides is 1. The quantitative estimate of drug-likeness (QED) is 0.824. The average Bonchev–Trinajstić information content (AvgIpc) is 2.56. The van der Waals surface area contributed by atoms with E-state index in [4.69, 9.17) is 26.7 Å². The van der Waals surface area contributed by atoms with Crippen LogP contribution >= 0.6 is 11.6 Å². The number of hydrogen-bond donors (Lipinski definition) is 2. The lowest BCUT2D eigenvalue weighted by molar-refractivity contribution is -0.122. The lowest BCUT2D eigenvalue weighted by atomic mass is 10.2. The topological polar surface area (TPSA) is 122 Å². The molecule has 0 aliphatic heterocycles. The second-order valence-electron chi connectivity index (χ2n) is 5.08. The lowest BCUT2D eigenvalue weighted by Crippen LogP contribution is -2.30. The highest BCUT2D eigenvalue weighted by atomic mass is 35.5. The predicted octanol–water partition coefficient (Wildman–Crippen LogP) is 2.27. The molecule has 0 aliphatic carbocycles. The van der Waals surface area contributed by atoms with Crippen molar-refractivity contribution in [2.75, 3.05) is 5.32 Å². The Morgan fingerprint density at radius 3 is 2.44 bits per heavy atom. The Labute approximate surface area is 150 Å². The number of anilines is 1. The van der Waals surface area contributed by atoms with Gasteiger partial charge in [0, 0.05) is 5.69 Å². The van der Waals surface area contributed by atoms with Crippen LogP contribution in [0.25, 0.3) is 0 Å². The number of benzene rings is 2. The molecule has 0 spiro atoms. The van der Waals surface area contributed by atoms with Crippen LogP contribution in [0, 0.1) is 11.3 Å². The van der Waals surface area contributed by atoms with Crippen molar-refractivity contribution in [3.8, 4) is 11.8 Å². The second-order valence-corrected chi connectivity index (χ2v) is 7.04. The van der Waals surface area contributed by atoms with Crippen molar-refractivity contribution in [1.82, 2.24) is 0 Å². The smallest absolute Gasteiger partial charge is 0.265 e. The third-order valence-corrected chi connectivity index (χ3v) is 4.41. The molecule has 0 aliphatic rings. The number of nitrogens with one attached hydrogen (secondary N) is 1. The molecule has 2 aromatic rings. The zero-order valence-electron chi connectivity index (χ0n) is 13.1. The molecular formula is C16H14ClN3O4S. The summed E-state index contributed by atoms with van der Waals surface area (Å²) < 4.78 is 27.9. The Morgan fingerprint density at radius 1 is 1.28 bits per heavy atom. The summed E-state index contributed by atoms with van der Waals surface area (Å²) in [4.78, 5) is 12.1. The van der Waals surface area contributed by atoms with Crippen LogP contribution in [0.4, 0.5) is 5.69 Å². The Bertz CT molecular complexity index is 937. The third-order valence-electron chi connectivity index (χ3n) is 3.18. The van der Waals surface area contributed by atoms with Crippen molar-refractivity contribution in [3.63, 3.8) is 0 Å². The minimum Gasteiger partial charge on any atom is -0.479 e. The van der Waals surface area contributed by atoms with Crippen LogP contribution in [0.5, 0.6) is 5.75 Å². The molecule has 0 heterocycles. The molecule has 130 valence electrons. The SMILES string of the molecule is C[C@H](Oc1ccc(C#N)cc1Cl)C(=O)Nc1ccc(S(N)(=O)=O)cc1. The second kappa shape index (κ2) is 7.53. The minimum absolute atomic E-state index is 0.0563. The fourth-order valence-electron chi connectivity index (χ4n) is 1.88. The number of halogens is 1. The first-order chi connectivity index (χ1) is 11.7. The fourth-order valence-corrected chi connectivity index (χ4v) is 2.62. The predicted molar refractivity (Wildman–Crippen MR) is 92.7 cm³/mol. The van der Waals surface area contributed by atoms with Gasteiger partial charge in [0.2, 0.25) is 10.0 Å². The van der Waals surface area contributed by atoms with Crippen molar-refractivity contribution in [1.29, 1.82) is 5.26 Å². The van der Waals surface area contributed by atoms with Crippen LogP contribution < -0.4 is 15.2 Å². The van der Waals surface area contributed by atoms with Gasteiger partial charge in [-0.25, -0.2) is 13.6 Å². The van der Waals surface area contributed by atoms with Gasteiger partial charge < -0.3 is 10.1 Å². The molecule has 0 bridgehead atoms. The number of nitrogens with two attached hydrogens (primary N) is 1. The number of sulfonamides is 1. The number of primary sulfonamides is 1. The average molecular weight is 380 g/mol. The van der Waals surface area contributed by atoms with Crippen LogP contribution in [0.3, 0.4) is 0 Å². The van der Waals surface area contributed by atoms with E-state index >= 15 is 0 Å². The number of nitriles is 1. The van der Waals surface area contributed by atoms with Gasteiger partial charge in [-0.1, -0.05) is 11.6 Å². The number of rotatable bonds is 5. The normalized spacial score (nSPS) is 12.1. The Kier molecular flexibility index (Phi) is 5.64. The van der Waals surface area contributed by atoms with E-state index in [0.29, 0.717) is 11.3 Å². The highest BCUT2D eigenvalue weighted by molar-refractivity contribution is 7.89. The van der Waals surface area contributed by atoms with Gasteiger partial charge in [0.05, 0.1) is 21.6 Å². The van der Waals surface area contributed by atoms with E-state index in [0.717, 1.165) is 0 Å². The molecule has 3 N–H and O–H groups in total. The largest absolute Gasteiger partial charge is 0.479 e. The summed E-state index contributed by atoms with van der Waals surface area (Å²) in [6, 6.07) is 11.8. The third kappa shape index (κ3) is 4.93. The molecule has 0 radical (unpaired) electrons. The van der Waals surface area contributed by atoms with Gasteiger partial charge in [-0.2, -0.15) is 5.26 Å². The first-order valence-electron chi connectivity index (χ1n) is 7.01. The highest BCUT2D eigenvalue weighted by Crippen LogP contribution is 2.26. The van der Waals surface area contributed by atoms with Crippen molar-refractivity contribution in [3.05, 3.63) is 53.1 Å². The molecule has 7 nitrogen and oxygen atoms in total. The minimum atomic E-state index is -3.79. The summed E-state index contributed by atoms with van der Waals surface area (Å²) in [6.45, 7) is 1.53. The maximum absolute atomic E-state index is 12.2. The van der Waals surface area contributed by atoms with E-state index in [9.17, 15) is 13.2 Å². The molecule has 2 rings (SSSR count). The Hall–Kier alpha value is -2.60. The molecule has 1 atom stereocenters. The number of carbonyl (C=O) groups is 1. The van der Waals surface area contributed by atoms with Crippen LogP contribution in [-0.4, -0.2) is 20.4 Å². The van der Waals surface area contributed by atoms with Gasteiger partial charge >= 0.3 is 0 Å². The van der Waals surface area contributed by atoms with Gasteiger partial charge in [-0.05, 0) is 49.4 Å². The van der Waals surface area contributed by atoms with Crippen molar-refractivity contribution in [2.45, 2.75) is 17.9 Å². The monoisotopic (exact) mass is 379 g/mol. The van der Waals surface area contributed by atoms with E-state index in [1.54, 1.807) is 0 Å². The van der Waals surface area contributed by atoms with Crippen LogP contribution in [-0.2, 0) is 14.8 Å². The summed E-state index contributed by atoms with van der Waals surface area (Å²) in [5, 5.41) is 16.6. The maximum Gasteiger partial charge on any atom is 0.265 e. The summed E-state index contributed by atoms with van der Waals surface area (Å²) in [5.41, 5.74) is 0.767. The number of carbonyl (C=O) groups excluding carboxylic acids is 1. The Morgan fingerprint density at radius 2 is 1.92 bits per heavy atom. The van der Waals surface area contributed by atoms with Gasteiger partial charge in [-0.15, -0.1) is 0 Å². The van der Waals surface area contributed by atoms with Gasteiger partial charge in [0.1, 0.15) is 5.75 Å². The molecular weight excluding hydrogens is 366 g/mol. The van der Waals surface area contributed by atoms with Crippen LogP contribution in [0.2, 0.25) is 5.02 Å². The highest BCUT2D eigenvalue weighted by Gasteiger charge is 2.17. The Balaban J connectivity index is 2.04. The van der Waals surface area contributed by atoms with E-state index in [1.165, 1.54) is 49.4 Å². The number of hydrogen-bond acceptors (Lipinski definition) is 5. The van der Waals surface area contributed by atoms with Gasteiger partial charge in [0.15, 0.2) is 6.10 Å². The standard InChI is InChI=1S/C16H14ClN3O4S/c1-10(24-15-7-2-11(9-18)8-14(15)17)16(21)20-12-3-5-13(6-4-12)25(19,22)23/h2-8,10H,1H3,(H,20,21)(H2,19,22,23)/t10-/m0/s1. The molecule has 0 unspecified atom stereocenters. The van der Waals surface area contributed by atoms with Gasteiger partial charge in [0.25, 0.3) is 5.91 Å².